The van der Waals surface area contributed by atoms with Crippen molar-refractivity contribution < 1.29 is 0 Å². The maximum atomic E-state index is 6.17. The summed E-state index contributed by atoms with van der Waals surface area (Å²) < 4.78 is 0. The molecular formula is C13H24ClN5. The standard InChI is InChI=1S/C13H24ClN5/c1-4-19(9-5-8-18(2)3)10-12-11(14)6-7-13(16-12)17-15/h6-7H,4-5,8-10,15H2,1-3H3,(H,16,17). The first-order valence-electron chi connectivity index (χ1n) is 6.56. The van der Waals surface area contributed by atoms with Crippen LogP contribution in [0.15, 0.2) is 12.1 Å². The van der Waals surface area contributed by atoms with Gasteiger partial charge in [0.15, 0.2) is 0 Å². The van der Waals surface area contributed by atoms with Gasteiger partial charge < -0.3 is 10.3 Å². The van der Waals surface area contributed by atoms with Crippen molar-refractivity contribution in [1.82, 2.24) is 14.8 Å². The summed E-state index contributed by atoms with van der Waals surface area (Å²) in [4.78, 5) is 8.93. The van der Waals surface area contributed by atoms with Gasteiger partial charge in [-0.05, 0) is 52.3 Å². The molecule has 1 heterocycles. The smallest absolute Gasteiger partial charge is 0.140 e. The summed E-state index contributed by atoms with van der Waals surface area (Å²) >= 11 is 6.17. The second-order valence-corrected chi connectivity index (χ2v) is 5.20. The van der Waals surface area contributed by atoms with Crippen molar-refractivity contribution in [3.05, 3.63) is 22.8 Å². The Morgan fingerprint density at radius 3 is 2.63 bits per heavy atom. The van der Waals surface area contributed by atoms with Crippen molar-refractivity contribution in [2.75, 3.05) is 39.2 Å². The van der Waals surface area contributed by atoms with E-state index < -0.39 is 0 Å². The SMILES string of the molecule is CCN(CCCN(C)C)Cc1nc(NN)ccc1Cl. The lowest BCUT2D eigenvalue weighted by Gasteiger charge is -2.21. The summed E-state index contributed by atoms with van der Waals surface area (Å²) in [7, 11) is 4.18. The number of halogens is 1. The van der Waals surface area contributed by atoms with Crippen molar-refractivity contribution in [2.24, 2.45) is 5.84 Å². The molecule has 1 rings (SSSR count). The number of nitrogen functional groups attached to an aromatic ring is 1. The van der Waals surface area contributed by atoms with Gasteiger partial charge >= 0.3 is 0 Å². The highest BCUT2D eigenvalue weighted by atomic mass is 35.5. The van der Waals surface area contributed by atoms with E-state index in [9.17, 15) is 0 Å². The van der Waals surface area contributed by atoms with Crippen molar-refractivity contribution in [3.63, 3.8) is 0 Å². The Hall–Kier alpha value is -0.880. The zero-order valence-electron chi connectivity index (χ0n) is 12.0. The summed E-state index contributed by atoms with van der Waals surface area (Å²) in [5.41, 5.74) is 3.41. The lowest BCUT2D eigenvalue weighted by Crippen LogP contribution is -2.27. The van der Waals surface area contributed by atoms with E-state index >= 15 is 0 Å². The molecule has 0 atom stereocenters. The summed E-state index contributed by atoms with van der Waals surface area (Å²) in [6.45, 7) is 5.99. The average Bonchev–Trinajstić information content (AvgIpc) is 2.39. The van der Waals surface area contributed by atoms with E-state index in [0.717, 1.165) is 38.3 Å². The Labute approximate surface area is 120 Å². The molecule has 0 aliphatic heterocycles. The maximum Gasteiger partial charge on any atom is 0.140 e. The van der Waals surface area contributed by atoms with Gasteiger partial charge in [-0.2, -0.15) is 0 Å². The van der Waals surface area contributed by atoms with E-state index in [2.05, 4.69) is 41.2 Å². The quantitative estimate of drug-likeness (QED) is 0.563. The molecule has 3 N–H and O–H groups in total. The van der Waals surface area contributed by atoms with Crippen molar-refractivity contribution in [3.8, 4) is 0 Å². The van der Waals surface area contributed by atoms with E-state index in [4.69, 9.17) is 17.4 Å². The van der Waals surface area contributed by atoms with Crippen LogP contribution in [-0.2, 0) is 6.54 Å². The third kappa shape index (κ3) is 5.74. The van der Waals surface area contributed by atoms with Gasteiger partial charge in [-0.1, -0.05) is 18.5 Å². The van der Waals surface area contributed by atoms with Crippen LogP contribution in [0, 0.1) is 0 Å². The Bertz CT molecular complexity index is 383. The predicted molar refractivity (Wildman–Crippen MR) is 81.2 cm³/mol. The lowest BCUT2D eigenvalue weighted by atomic mass is 10.3. The number of hydrazine groups is 1. The topological polar surface area (TPSA) is 57.4 Å². The first-order valence-corrected chi connectivity index (χ1v) is 6.93. The molecule has 0 aromatic carbocycles. The monoisotopic (exact) mass is 285 g/mol. The number of hydrogen-bond acceptors (Lipinski definition) is 5. The van der Waals surface area contributed by atoms with Gasteiger partial charge in [0.05, 0.1) is 10.7 Å². The molecule has 0 unspecified atom stereocenters. The molecular weight excluding hydrogens is 262 g/mol. The van der Waals surface area contributed by atoms with Crippen molar-refractivity contribution >= 4 is 17.4 Å². The molecule has 0 spiro atoms. The number of aromatic nitrogens is 1. The van der Waals surface area contributed by atoms with E-state index in [0.29, 0.717) is 10.8 Å². The van der Waals surface area contributed by atoms with Crippen LogP contribution in [0.5, 0.6) is 0 Å². The summed E-state index contributed by atoms with van der Waals surface area (Å²) in [6, 6.07) is 3.60. The number of nitrogens with two attached hydrogens (primary N) is 1. The molecule has 108 valence electrons. The molecule has 0 radical (unpaired) electrons. The molecule has 0 aliphatic carbocycles. The maximum absolute atomic E-state index is 6.17. The molecule has 0 bridgehead atoms. The second kappa shape index (κ2) is 8.32. The minimum atomic E-state index is 0.642. The fourth-order valence-corrected chi connectivity index (χ4v) is 2.01. The Kier molecular flexibility index (Phi) is 7.09. The lowest BCUT2D eigenvalue weighted by molar-refractivity contribution is 0.257. The van der Waals surface area contributed by atoms with Gasteiger partial charge in [0.1, 0.15) is 5.82 Å². The summed E-state index contributed by atoms with van der Waals surface area (Å²) in [6.07, 6.45) is 1.13. The molecule has 0 amide bonds. The molecule has 0 aliphatic rings. The van der Waals surface area contributed by atoms with E-state index in [1.807, 2.05) is 6.07 Å². The number of nitrogens with one attached hydrogen (secondary N) is 1. The first kappa shape index (κ1) is 16.2. The van der Waals surface area contributed by atoms with Crippen molar-refractivity contribution in [2.45, 2.75) is 19.9 Å². The predicted octanol–water partition coefficient (Wildman–Crippen LogP) is 1.79. The van der Waals surface area contributed by atoms with Crippen LogP contribution in [0.25, 0.3) is 0 Å². The van der Waals surface area contributed by atoms with Crippen molar-refractivity contribution in [1.29, 1.82) is 0 Å². The minimum absolute atomic E-state index is 0.642. The van der Waals surface area contributed by atoms with Gasteiger partial charge in [-0.25, -0.2) is 10.8 Å². The van der Waals surface area contributed by atoms with Crippen LogP contribution in [0.3, 0.4) is 0 Å². The molecule has 0 saturated carbocycles. The number of anilines is 1. The largest absolute Gasteiger partial charge is 0.309 e. The van der Waals surface area contributed by atoms with Gasteiger partial charge in [0, 0.05) is 6.54 Å². The highest BCUT2D eigenvalue weighted by molar-refractivity contribution is 6.31. The number of nitrogens with zero attached hydrogens (tertiary/aromatic N) is 3. The van der Waals surface area contributed by atoms with E-state index in [1.54, 1.807) is 6.07 Å². The Morgan fingerprint density at radius 2 is 2.05 bits per heavy atom. The molecule has 5 nitrogen and oxygen atoms in total. The molecule has 1 aromatic heterocycles. The van der Waals surface area contributed by atoms with Crippen LogP contribution in [-0.4, -0.2) is 48.5 Å². The van der Waals surface area contributed by atoms with Gasteiger partial charge in [-0.3, -0.25) is 4.90 Å². The number of pyridine rings is 1. The van der Waals surface area contributed by atoms with Crippen LogP contribution < -0.4 is 11.3 Å². The molecule has 6 heteroatoms. The normalized spacial score (nSPS) is 11.3. The van der Waals surface area contributed by atoms with Crippen LogP contribution in [0.4, 0.5) is 5.82 Å². The Balaban J connectivity index is 2.59. The summed E-state index contributed by atoms with van der Waals surface area (Å²) in [5.74, 6) is 6.01. The fraction of sp³-hybridized carbons (Fsp3) is 0.615. The van der Waals surface area contributed by atoms with Gasteiger partial charge in [-0.15, -0.1) is 0 Å². The van der Waals surface area contributed by atoms with Gasteiger partial charge in [0.2, 0.25) is 0 Å². The van der Waals surface area contributed by atoms with Crippen LogP contribution in [0.1, 0.15) is 19.0 Å². The first-order chi connectivity index (χ1) is 9.06. The van der Waals surface area contributed by atoms with Crippen LogP contribution >= 0.6 is 11.6 Å². The molecule has 1 aromatic rings. The second-order valence-electron chi connectivity index (χ2n) is 4.79. The highest BCUT2D eigenvalue weighted by Crippen LogP contribution is 2.18. The molecule has 19 heavy (non-hydrogen) atoms. The van der Waals surface area contributed by atoms with E-state index in [-0.39, 0.29) is 0 Å². The zero-order chi connectivity index (χ0) is 14.3. The van der Waals surface area contributed by atoms with Crippen LogP contribution in [0.2, 0.25) is 5.02 Å². The fourth-order valence-electron chi connectivity index (χ4n) is 1.85. The zero-order valence-corrected chi connectivity index (χ0v) is 12.7. The third-order valence-electron chi connectivity index (χ3n) is 2.97. The van der Waals surface area contributed by atoms with E-state index in [1.165, 1.54) is 0 Å². The number of rotatable bonds is 8. The number of hydrogen-bond donors (Lipinski definition) is 2. The third-order valence-corrected chi connectivity index (χ3v) is 3.31. The van der Waals surface area contributed by atoms with Gasteiger partial charge in [0.25, 0.3) is 0 Å². The summed E-state index contributed by atoms with van der Waals surface area (Å²) in [5, 5.41) is 0.685. The highest BCUT2D eigenvalue weighted by Gasteiger charge is 2.09. The Morgan fingerprint density at radius 1 is 1.32 bits per heavy atom. The molecule has 0 fully saturated rings. The molecule has 0 saturated heterocycles. The minimum Gasteiger partial charge on any atom is -0.309 e. The average molecular weight is 286 g/mol.